The maximum absolute atomic E-state index is 11.0. The molecule has 1 aliphatic rings. The van der Waals surface area contributed by atoms with Gasteiger partial charge in [-0.25, -0.2) is 4.79 Å². The largest absolute Gasteiger partial charge is 0.478 e. The summed E-state index contributed by atoms with van der Waals surface area (Å²) in [6, 6.07) is 7.04. The molecule has 0 bridgehead atoms. The lowest BCUT2D eigenvalue weighted by Gasteiger charge is -2.11. The van der Waals surface area contributed by atoms with Crippen molar-refractivity contribution in [3.05, 3.63) is 35.4 Å². The Morgan fingerprint density at radius 3 is 3.00 bits per heavy atom. The zero-order valence-corrected chi connectivity index (χ0v) is 9.98. The van der Waals surface area contributed by atoms with E-state index in [9.17, 15) is 9.59 Å². The molecule has 1 amide bonds. The summed E-state index contributed by atoms with van der Waals surface area (Å²) >= 11 is 0. The van der Waals surface area contributed by atoms with Gasteiger partial charge in [0.05, 0.1) is 5.56 Å². The van der Waals surface area contributed by atoms with E-state index in [0.717, 1.165) is 12.0 Å². The summed E-state index contributed by atoms with van der Waals surface area (Å²) in [7, 11) is 0. The third-order valence-corrected chi connectivity index (χ3v) is 2.98. The molecule has 1 unspecified atom stereocenters. The highest BCUT2D eigenvalue weighted by atomic mass is 16.4. The predicted octanol–water partition coefficient (Wildman–Crippen LogP) is 0.753. The monoisotopic (exact) mass is 248 g/mol. The molecule has 1 aliphatic heterocycles. The number of carbonyl (C=O) groups excluding carboxylic acids is 1. The molecule has 2 rings (SSSR count). The molecule has 5 heteroatoms. The molecule has 3 N–H and O–H groups in total. The summed E-state index contributed by atoms with van der Waals surface area (Å²) in [6.07, 6.45) is 1.46. The maximum Gasteiger partial charge on any atom is 0.335 e. The minimum atomic E-state index is -0.917. The lowest BCUT2D eigenvalue weighted by molar-refractivity contribution is -0.119. The van der Waals surface area contributed by atoms with Crippen molar-refractivity contribution in [1.82, 2.24) is 10.6 Å². The van der Waals surface area contributed by atoms with E-state index >= 15 is 0 Å². The Hall–Kier alpha value is -1.88. The molecule has 0 aromatic heterocycles. The van der Waals surface area contributed by atoms with E-state index in [0.29, 0.717) is 25.1 Å². The Morgan fingerprint density at radius 1 is 1.50 bits per heavy atom. The van der Waals surface area contributed by atoms with Gasteiger partial charge in [-0.1, -0.05) is 12.1 Å². The van der Waals surface area contributed by atoms with Crippen LogP contribution < -0.4 is 10.6 Å². The number of benzene rings is 1. The van der Waals surface area contributed by atoms with Crippen molar-refractivity contribution in [1.29, 1.82) is 0 Å². The summed E-state index contributed by atoms with van der Waals surface area (Å²) in [4.78, 5) is 21.8. The highest BCUT2D eigenvalue weighted by Gasteiger charge is 2.19. The fourth-order valence-electron chi connectivity index (χ4n) is 2.04. The molecule has 1 fully saturated rings. The van der Waals surface area contributed by atoms with Crippen molar-refractivity contribution in [2.24, 2.45) is 0 Å². The van der Waals surface area contributed by atoms with Crippen LogP contribution in [0, 0.1) is 0 Å². The van der Waals surface area contributed by atoms with Crippen LogP contribution in [-0.2, 0) is 11.3 Å². The first kappa shape index (κ1) is 12.6. The molecule has 18 heavy (non-hydrogen) atoms. The SMILES string of the molecule is O=C1CCC(CNCc2cccc(C(=O)O)c2)N1. The van der Waals surface area contributed by atoms with Crippen LogP contribution in [0.25, 0.3) is 0 Å². The third kappa shape index (κ3) is 3.30. The van der Waals surface area contributed by atoms with Crippen molar-refractivity contribution in [3.63, 3.8) is 0 Å². The first-order valence-electron chi connectivity index (χ1n) is 5.97. The van der Waals surface area contributed by atoms with Crippen LogP contribution in [0.5, 0.6) is 0 Å². The summed E-state index contributed by atoms with van der Waals surface area (Å²) in [5, 5.41) is 15.0. The predicted molar refractivity (Wildman–Crippen MR) is 66.3 cm³/mol. The molecule has 1 heterocycles. The van der Waals surface area contributed by atoms with E-state index in [1.807, 2.05) is 6.07 Å². The summed E-state index contributed by atoms with van der Waals surface area (Å²) in [5.74, 6) is -0.811. The number of rotatable bonds is 5. The minimum Gasteiger partial charge on any atom is -0.478 e. The average molecular weight is 248 g/mol. The molecular weight excluding hydrogens is 232 g/mol. The van der Waals surface area contributed by atoms with Gasteiger partial charge in [0.25, 0.3) is 0 Å². The summed E-state index contributed by atoms with van der Waals surface area (Å²) in [5.41, 5.74) is 1.22. The van der Waals surface area contributed by atoms with Crippen molar-refractivity contribution in [3.8, 4) is 0 Å². The van der Waals surface area contributed by atoms with E-state index in [2.05, 4.69) is 10.6 Å². The van der Waals surface area contributed by atoms with Crippen LogP contribution in [0.2, 0.25) is 0 Å². The van der Waals surface area contributed by atoms with Crippen molar-refractivity contribution >= 4 is 11.9 Å². The van der Waals surface area contributed by atoms with E-state index in [-0.39, 0.29) is 11.9 Å². The normalized spacial score (nSPS) is 18.7. The first-order valence-corrected chi connectivity index (χ1v) is 5.97. The van der Waals surface area contributed by atoms with Gasteiger partial charge < -0.3 is 15.7 Å². The van der Waals surface area contributed by atoms with E-state index in [1.54, 1.807) is 18.2 Å². The quantitative estimate of drug-likeness (QED) is 0.718. The minimum absolute atomic E-state index is 0.106. The number of hydrogen-bond donors (Lipinski definition) is 3. The van der Waals surface area contributed by atoms with Gasteiger partial charge in [0.15, 0.2) is 0 Å². The van der Waals surface area contributed by atoms with Gasteiger partial charge in [-0.3, -0.25) is 4.79 Å². The Labute approximate surface area is 105 Å². The maximum atomic E-state index is 11.0. The Balaban J connectivity index is 1.81. The molecule has 1 aromatic rings. The molecular formula is C13H16N2O3. The number of aromatic carboxylic acids is 1. The van der Waals surface area contributed by atoms with Crippen molar-refractivity contribution < 1.29 is 14.7 Å². The number of carboxylic acid groups (broad SMARTS) is 1. The number of carbonyl (C=O) groups is 2. The first-order chi connectivity index (χ1) is 8.65. The lowest BCUT2D eigenvalue weighted by Crippen LogP contribution is -2.35. The zero-order valence-electron chi connectivity index (χ0n) is 9.98. The molecule has 1 aromatic carbocycles. The van der Waals surface area contributed by atoms with E-state index < -0.39 is 5.97 Å². The molecule has 96 valence electrons. The highest BCUT2D eigenvalue weighted by molar-refractivity contribution is 5.87. The summed E-state index contributed by atoms with van der Waals surface area (Å²) < 4.78 is 0. The van der Waals surface area contributed by atoms with E-state index in [4.69, 9.17) is 5.11 Å². The standard InChI is InChI=1S/C13H16N2O3/c16-12-5-4-11(15-12)8-14-7-9-2-1-3-10(6-9)13(17)18/h1-3,6,11,14H,4-5,7-8H2,(H,15,16)(H,17,18). The molecule has 0 saturated carbocycles. The van der Waals surface area contributed by atoms with Gasteiger partial charge in [-0.2, -0.15) is 0 Å². The molecule has 5 nitrogen and oxygen atoms in total. The van der Waals surface area contributed by atoms with E-state index in [1.165, 1.54) is 0 Å². The molecule has 1 saturated heterocycles. The van der Waals surface area contributed by atoms with Crippen LogP contribution in [0.4, 0.5) is 0 Å². The fourth-order valence-corrected chi connectivity index (χ4v) is 2.04. The van der Waals surface area contributed by atoms with Crippen molar-refractivity contribution in [2.45, 2.75) is 25.4 Å². The zero-order chi connectivity index (χ0) is 13.0. The molecule has 1 atom stereocenters. The summed E-state index contributed by atoms with van der Waals surface area (Å²) in [6.45, 7) is 1.32. The Kier molecular flexibility index (Phi) is 3.94. The number of carboxylic acids is 1. The van der Waals surface area contributed by atoms with Gasteiger partial charge in [-0.15, -0.1) is 0 Å². The molecule has 0 aliphatic carbocycles. The smallest absolute Gasteiger partial charge is 0.335 e. The van der Waals surface area contributed by atoms with Crippen LogP contribution in [0.3, 0.4) is 0 Å². The Bertz CT molecular complexity index is 459. The van der Waals surface area contributed by atoms with Gasteiger partial charge in [0, 0.05) is 25.6 Å². The van der Waals surface area contributed by atoms with Gasteiger partial charge in [0.2, 0.25) is 5.91 Å². The number of amides is 1. The van der Waals surface area contributed by atoms with Crippen molar-refractivity contribution in [2.75, 3.05) is 6.54 Å². The highest BCUT2D eigenvalue weighted by Crippen LogP contribution is 2.07. The van der Waals surface area contributed by atoms with Crippen LogP contribution in [0.15, 0.2) is 24.3 Å². The van der Waals surface area contributed by atoms with Gasteiger partial charge in [0.1, 0.15) is 0 Å². The number of nitrogens with one attached hydrogen (secondary N) is 2. The second kappa shape index (κ2) is 5.64. The third-order valence-electron chi connectivity index (χ3n) is 2.98. The topological polar surface area (TPSA) is 78.4 Å². The Morgan fingerprint density at radius 2 is 2.33 bits per heavy atom. The second-order valence-electron chi connectivity index (χ2n) is 4.44. The van der Waals surface area contributed by atoms with Gasteiger partial charge in [-0.05, 0) is 24.1 Å². The molecule has 0 radical (unpaired) electrons. The van der Waals surface area contributed by atoms with Crippen LogP contribution >= 0.6 is 0 Å². The van der Waals surface area contributed by atoms with Crippen LogP contribution in [0.1, 0.15) is 28.8 Å². The lowest BCUT2D eigenvalue weighted by atomic mass is 10.1. The molecule has 0 spiro atoms. The van der Waals surface area contributed by atoms with Gasteiger partial charge >= 0.3 is 5.97 Å². The average Bonchev–Trinajstić information content (AvgIpc) is 2.75. The number of hydrogen-bond acceptors (Lipinski definition) is 3. The second-order valence-corrected chi connectivity index (χ2v) is 4.44. The van der Waals surface area contributed by atoms with Crippen LogP contribution in [-0.4, -0.2) is 29.6 Å². The fraction of sp³-hybridized carbons (Fsp3) is 0.385.